The Morgan fingerprint density at radius 2 is 1.90 bits per heavy atom. The lowest BCUT2D eigenvalue weighted by molar-refractivity contribution is 0.504. The predicted octanol–water partition coefficient (Wildman–Crippen LogP) is 4.00. The molecule has 0 saturated carbocycles. The van der Waals surface area contributed by atoms with Crippen molar-refractivity contribution in [2.45, 2.75) is 40.2 Å². The second-order valence-electron chi connectivity index (χ2n) is 6.15. The summed E-state index contributed by atoms with van der Waals surface area (Å²) in [5.41, 5.74) is 10.00. The zero-order valence-electron chi connectivity index (χ0n) is 13.1. The lowest BCUT2D eigenvalue weighted by Gasteiger charge is -2.29. The van der Waals surface area contributed by atoms with Crippen LogP contribution in [0.2, 0.25) is 0 Å². The molecule has 1 aromatic heterocycles. The smallest absolute Gasteiger partial charge is 0.0727 e. The third-order valence-electron chi connectivity index (χ3n) is 3.79. The van der Waals surface area contributed by atoms with Crippen LogP contribution in [-0.2, 0) is 0 Å². The number of hydrogen-bond donors (Lipinski definition) is 1. The summed E-state index contributed by atoms with van der Waals surface area (Å²) < 4.78 is 0. The van der Waals surface area contributed by atoms with Crippen molar-refractivity contribution in [3.8, 4) is 0 Å². The first-order valence-corrected chi connectivity index (χ1v) is 7.28. The van der Waals surface area contributed by atoms with Crippen LogP contribution in [0.15, 0.2) is 24.3 Å². The van der Waals surface area contributed by atoms with Gasteiger partial charge in [-0.2, -0.15) is 0 Å². The topological polar surface area (TPSA) is 42.1 Å². The minimum Gasteiger partial charge on any atom is -0.399 e. The molecule has 1 heterocycles. The molecular formula is C17H25N3. The van der Waals surface area contributed by atoms with Gasteiger partial charge in [-0.1, -0.05) is 13.8 Å². The van der Waals surface area contributed by atoms with E-state index in [9.17, 15) is 0 Å². The Kier molecular flexibility index (Phi) is 4.17. The van der Waals surface area contributed by atoms with Gasteiger partial charge in [0.2, 0.25) is 0 Å². The molecule has 1 aromatic carbocycles. The molecule has 0 spiro atoms. The van der Waals surface area contributed by atoms with Crippen LogP contribution in [0.1, 0.15) is 32.9 Å². The first kappa shape index (κ1) is 14.6. The van der Waals surface area contributed by atoms with Crippen LogP contribution < -0.4 is 10.6 Å². The number of benzene rings is 1. The Morgan fingerprint density at radius 3 is 2.55 bits per heavy atom. The van der Waals surface area contributed by atoms with Gasteiger partial charge in [0, 0.05) is 35.5 Å². The molecule has 0 radical (unpaired) electrons. The molecule has 108 valence electrons. The maximum absolute atomic E-state index is 5.94. The number of aromatic nitrogens is 1. The fourth-order valence-electron chi connectivity index (χ4n) is 2.72. The first-order valence-electron chi connectivity index (χ1n) is 7.28. The van der Waals surface area contributed by atoms with Gasteiger partial charge in [-0.25, -0.2) is 0 Å². The van der Waals surface area contributed by atoms with Gasteiger partial charge in [-0.05, 0) is 50.5 Å². The monoisotopic (exact) mass is 271 g/mol. The van der Waals surface area contributed by atoms with Crippen LogP contribution in [0.3, 0.4) is 0 Å². The number of anilines is 2. The Hall–Kier alpha value is -1.77. The molecule has 1 atom stereocenters. The molecule has 0 aliphatic carbocycles. The molecule has 0 amide bonds. The molecule has 0 bridgehead atoms. The molecule has 0 aliphatic heterocycles. The van der Waals surface area contributed by atoms with Gasteiger partial charge in [0.05, 0.1) is 5.52 Å². The number of nitrogens with zero attached hydrogens (tertiary/aromatic N) is 2. The maximum atomic E-state index is 5.94. The van der Waals surface area contributed by atoms with E-state index in [4.69, 9.17) is 5.73 Å². The quantitative estimate of drug-likeness (QED) is 0.855. The lowest BCUT2D eigenvalue weighted by Crippen LogP contribution is -2.30. The highest BCUT2D eigenvalue weighted by atomic mass is 15.1. The highest BCUT2D eigenvalue weighted by molar-refractivity contribution is 5.94. The molecule has 0 saturated heterocycles. The molecule has 3 heteroatoms. The van der Waals surface area contributed by atoms with E-state index in [1.807, 2.05) is 25.1 Å². The van der Waals surface area contributed by atoms with Crippen LogP contribution in [0, 0.1) is 12.8 Å². The fraction of sp³-hybridized carbons (Fsp3) is 0.471. The van der Waals surface area contributed by atoms with Crippen LogP contribution in [-0.4, -0.2) is 18.1 Å². The van der Waals surface area contributed by atoms with E-state index in [2.05, 4.69) is 43.8 Å². The van der Waals surface area contributed by atoms with Crippen LogP contribution >= 0.6 is 0 Å². The van der Waals surface area contributed by atoms with Crippen molar-refractivity contribution in [2.75, 3.05) is 17.7 Å². The van der Waals surface area contributed by atoms with Crippen molar-refractivity contribution in [1.29, 1.82) is 0 Å². The van der Waals surface area contributed by atoms with E-state index in [1.54, 1.807) is 0 Å². The number of nitrogens with two attached hydrogens (primary N) is 1. The summed E-state index contributed by atoms with van der Waals surface area (Å²) in [5.74, 6) is 0.687. The van der Waals surface area contributed by atoms with Gasteiger partial charge in [0.15, 0.2) is 0 Å². The Bertz CT molecular complexity index is 604. The average Bonchev–Trinajstić information content (AvgIpc) is 2.36. The SMILES string of the molecule is Cc1cc(N(C)C(C)CC(C)C)c2cc(N)ccc2n1. The number of aryl methyl sites for hydroxylation is 1. The number of hydrogen-bond acceptors (Lipinski definition) is 3. The minimum absolute atomic E-state index is 0.487. The standard InChI is InChI=1S/C17H25N3/c1-11(2)8-13(4)20(5)17-9-12(3)19-16-7-6-14(18)10-15(16)17/h6-7,9-11,13H,8,18H2,1-5H3. The summed E-state index contributed by atoms with van der Waals surface area (Å²) in [4.78, 5) is 6.94. The van der Waals surface area contributed by atoms with Crippen molar-refractivity contribution in [3.05, 3.63) is 30.0 Å². The van der Waals surface area contributed by atoms with Crippen molar-refractivity contribution in [3.63, 3.8) is 0 Å². The third-order valence-corrected chi connectivity index (χ3v) is 3.79. The van der Waals surface area contributed by atoms with E-state index >= 15 is 0 Å². The van der Waals surface area contributed by atoms with Gasteiger partial charge >= 0.3 is 0 Å². The van der Waals surface area contributed by atoms with E-state index in [-0.39, 0.29) is 0 Å². The number of fused-ring (bicyclic) bond motifs is 1. The predicted molar refractivity (Wildman–Crippen MR) is 88.2 cm³/mol. The molecule has 1 unspecified atom stereocenters. The van der Waals surface area contributed by atoms with Gasteiger partial charge in [0.25, 0.3) is 0 Å². The summed E-state index contributed by atoms with van der Waals surface area (Å²) in [5, 5.41) is 1.13. The van der Waals surface area contributed by atoms with Gasteiger partial charge < -0.3 is 10.6 Å². The second-order valence-corrected chi connectivity index (χ2v) is 6.15. The first-order chi connectivity index (χ1) is 9.38. The summed E-state index contributed by atoms with van der Waals surface area (Å²) in [6.07, 6.45) is 1.17. The van der Waals surface area contributed by atoms with Gasteiger partial charge in [0.1, 0.15) is 0 Å². The van der Waals surface area contributed by atoms with Crippen molar-refractivity contribution < 1.29 is 0 Å². The maximum Gasteiger partial charge on any atom is 0.0727 e. The summed E-state index contributed by atoms with van der Waals surface area (Å²) >= 11 is 0. The molecule has 2 N–H and O–H groups in total. The summed E-state index contributed by atoms with van der Waals surface area (Å²) in [6, 6.07) is 8.58. The number of nitrogen functional groups attached to an aromatic ring is 1. The molecule has 2 rings (SSSR count). The Balaban J connectivity index is 2.49. The zero-order chi connectivity index (χ0) is 14.9. The van der Waals surface area contributed by atoms with E-state index in [0.29, 0.717) is 12.0 Å². The van der Waals surface area contributed by atoms with Gasteiger partial charge in [-0.15, -0.1) is 0 Å². The van der Waals surface area contributed by atoms with Crippen LogP contribution in [0.4, 0.5) is 11.4 Å². The Labute approximate surface area is 121 Å². The summed E-state index contributed by atoms with van der Waals surface area (Å²) in [6.45, 7) is 8.84. The van der Waals surface area contributed by atoms with E-state index < -0.39 is 0 Å². The van der Waals surface area contributed by atoms with Crippen LogP contribution in [0.5, 0.6) is 0 Å². The van der Waals surface area contributed by atoms with Crippen LogP contribution in [0.25, 0.3) is 10.9 Å². The van der Waals surface area contributed by atoms with E-state index in [1.165, 1.54) is 12.1 Å². The fourth-order valence-corrected chi connectivity index (χ4v) is 2.72. The van der Waals surface area contributed by atoms with E-state index in [0.717, 1.165) is 22.3 Å². The largest absolute Gasteiger partial charge is 0.399 e. The summed E-state index contributed by atoms with van der Waals surface area (Å²) in [7, 11) is 2.16. The van der Waals surface area contributed by atoms with Crippen molar-refractivity contribution in [1.82, 2.24) is 4.98 Å². The molecule has 2 aromatic rings. The molecule has 0 fully saturated rings. The van der Waals surface area contributed by atoms with Gasteiger partial charge in [-0.3, -0.25) is 4.98 Å². The lowest BCUT2D eigenvalue weighted by atomic mass is 10.0. The Morgan fingerprint density at radius 1 is 1.20 bits per heavy atom. The number of pyridine rings is 1. The van der Waals surface area contributed by atoms with Crippen molar-refractivity contribution in [2.24, 2.45) is 5.92 Å². The van der Waals surface area contributed by atoms with Crippen molar-refractivity contribution >= 4 is 22.3 Å². The molecule has 20 heavy (non-hydrogen) atoms. The second kappa shape index (κ2) is 5.70. The molecule has 3 nitrogen and oxygen atoms in total. The molecular weight excluding hydrogens is 246 g/mol. The highest BCUT2D eigenvalue weighted by Gasteiger charge is 2.15. The third kappa shape index (κ3) is 3.03. The molecule has 0 aliphatic rings. The average molecular weight is 271 g/mol. The highest BCUT2D eigenvalue weighted by Crippen LogP contribution is 2.29. The number of rotatable bonds is 4. The minimum atomic E-state index is 0.487. The zero-order valence-corrected chi connectivity index (χ0v) is 13.1. The normalized spacial score (nSPS) is 12.9.